The maximum Gasteiger partial charge on any atom is 0.237 e. The molecule has 1 N–H and O–H groups in total. The van der Waals surface area contributed by atoms with Crippen molar-refractivity contribution in [3.8, 4) is 17.2 Å². The van der Waals surface area contributed by atoms with Crippen LogP contribution in [-0.4, -0.2) is 32.7 Å². The first-order valence-corrected chi connectivity index (χ1v) is 11.3. The van der Waals surface area contributed by atoms with Gasteiger partial charge in [-0.3, -0.25) is 4.79 Å². The second kappa shape index (κ2) is 9.52. The van der Waals surface area contributed by atoms with Gasteiger partial charge >= 0.3 is 0 Å². The Morgan fingerprint density at radius 1 is 1.19 bits per heavy atom. The van der Waals surface area contributed by atoms with Gasteiger partial charge in [0.1, 0.15) is 12.4 Å². The van der Waals surface area contributed by atoms with Crippen LogP contribution in [0.5, 0.6) is 17.2 Å². The van der Waals surface area contributed by atoms with E-state index >= 15 is 0 Å². The highest BCUT2D eigenvalue weighted by molar-refractivity contribution is 8.00. The van der Waals surface area contributed by atoms with E-state index in [1.807, 2.05) is 44.4 Å². The molecular weight excluding hydrogens is 428 g/mol. The van der Waals surface area contributed by atoms with Crippen LogP contribution >= 0.6 is 11.8 Å². The molecule has 1 aromatic heterocycles. The number of fused-ring (bicyclic) bond motifs is 1. The van der Waals surface area contributed by atoms with Crippen LogP contribution in [-0.2, 0) is 17.9 Å². The zero-order valence-corrected chi connectivity index (χ0v) is 19.4. The Morgan fingerprint density at radius 3 is 2.81 bits per heavy atom. The Bertz CT molecular complexity index is 1130. The molecule has 0 saturated heterocycles. The number of nitrogens with one attached hydrogen (secondary N) is 1. The molecular formula is C23H26N4O4S. The van der Waals surface area contributed by atoms with Gasteiger partial charge in [-0.25, -0.2) is 0 Å². The van der Waals surface area contributed by atoms with E-state index in [4.69, 9.17) is 14.2 Å². The third-order valence-electron chi connectivity index (χ3n) is 5.10. The van der Waals surface area contributed by atoms with Crippen LogP contribution in [0.2, 0.25) is 0 Å². The van der Waals surface area contributed by atoms with Crippen LogP contribution in [0.3, 0.4) is 0 Å². The summed E-state index contributed by atoms with van der Waals surface area (Å²) < 4.78 is 18.6. The van der Waals surface area contributed by atoms with Gasteiger partial charge in [-0.1, -0.05) is 23.9 Å². The lowest BCUT2D eigenvalue weighted by atomic mass is 10.1. The summed E-state index contributed by atoms with van der Waals surface area (Å²) in [6, 6.07) is 11.4. The molecule has 1 amide bonds. The van der Waals surface area contributed by atoms with Crippen molar-refractivity contribution in [3.05, 3.63) is 53.3 Å². The number of thioether (sulfide) groups is 1. The highest BCUT2D eigenvalue weighted by atomic mass is 32.2. The number of rotatable bonds is 8. The number of ether oxygens (including phenoxy) is 3. The Hall–Kier alpha value is -3.20. The lowest BCUT2D eigenvalue weighted by molar-refractivity contribution is -0.115. The van der Waals surface area contributed by atoms with Crippen LogP contribution in [0, 0.1) is 13.8 Å². The molecule has 3 aromatic rings. The summed E-state index contributed by atoms with van der Waals surface area (Å²) in [6.45, 7) is 9.09. The van der Waals surface area contributed by atoms with E-state index in [0.717, 1.165) is 22.7 Å². The highest BCUT2D eigenvalue weighted by Gasteiger charge is 2.21. The molecule has 32 heavy (non-hydrogen) atoms. The maximum absolute atomic E-state index is 12.7. The molecule has 0 saturated carbocycles. The molecule has 1 atom stereocenters. The third-order valence-corrected chi connectivity index (χ3v) is 6.18. The van der Waals surface area contributed by atoms with Crippen LogP contribution in [0.4, 0.5) is 5.69 Å². The van der Waals surface area contributed by atoms with E-state index in [0.29, 0.717) is 35.5 Å². The maximum atomic E-state index is 12.7. The van der Waals surface area contributed by atoms with Gasteiger partial charge in [0, 0.05) is 18.3 Å². The Kier molecular flexibility index (Phi) is 6.55. The van der Waals surface area contributed by atoms with Crippen LogP contribution in [0.25, 0.3) is 0 Å². The highest BCUT2D eigenvalue weighted by Crippen LogP contribution is 2.34. The molecule has 0 unspecified atom stereocenters. The smallest absolute Gasteiger partial charge is 0.237 e. The molecule has 2 heterocycles. The molecule has 4 rings (SSSR count). The first-order valence-electron chi connectivity index (χ1n) is 10.4. The SMILES string of the molecule is CCn1c(COc2cc(C)ccc2C)nnc1S[C@H](C)C(=O)Nc1ccc2c(c1)OCO2. The minimum Gasteiger partial charge on any atom is -0.485 e. The molecule has 9 heteroatoms. The van der Waals surface area contributed by atoms with Crippen molar-refractivity contribution >= 4 is 23.4 Å². The molecule has 0 spiro atoms. The largest absolute Gasteiger partial charge is 0.485 e. The average Bonchev–Trinajstić information content (AvgIpc) is 3.40. The predicted molar refractivity (Wildman–Crippen MR) is 122 cm³/mol. The normalized spacial score (nSPS) is 13.1. The number of amides is 1. The molecule has 168 valence electrons. The van der Waals surface area contributed by atoms with Crippen molar-refractivity contribution in [2.75, 3.05) is 12.1 Å². The standard InChI is InChI=1S/C23H26N4O4S/c1-5-27-21(12-29-19-10-14(2)6-7-15(19)3)25-26-23(27)32-16(4)22(28)24-17-8-9-18-20(11-17)31-13-30-18/h6-11,16H,5,12-13H2,1-4H3,(H,24,28)/t16-/m1/s1. The van der Waals surface area contributed by atoms with Crippen molar-refractivity contribution in [2.24, 2.45) is 0 Å². The van der Waals surface area contributed by atoms with Gasteiger partial charge in [0.25, 0.3) is 0 Å². The number of aryl methyl sites for hydroxylation is 2. The number of carbonyl (C=O) groups excluding carboxylic acids is 1. The van der Waals surface area contributed by atoms with Crippen molar-refractivity contribution < 1.29 is 19.0 Å². The summed E-state index contributed by atoms with van der Waals surface area (Å²) >= 11 is 1.36. The van der Waals surface area contributed by atoms with Crippen molar-refractivity contribution in [3.63, 3.8) is 0 Å². The predicted octanol–water partition coefficient (Wildman–Crippen LogP) is 4.34. The van der Waals surface area contributed by atoms with Crippen molar-refractivity contribution in [1.29, 1.82) is 0 Å². The van der Waals surface area contributed by atoms with E-state index < -0.39 is 0 Å². The van der Waals surface area contributed by atoms with E-state index in [9.17, 15) is 4.79 Å². The second-order valence-corrected chi connectivity index (χ2v) is 8.83. The fourth-order valence-electron chi connectivity index (χ4n) is 3.27. The number of carbonyl (C=O) groups is 1. The summed E-state index contributed by atoms with van der Waals surface area (Å²) in [7, 11) is 0. The molecule has 8 nitrogen and oxygen atoms in total. The number of hydrogen-bond acceptors (Lipinski definition) is 7. The van der Waals surface area contributed by atoms with Crippen LogP contribution in [0.15, 0.2) is 41.6 Å². The summed E-state index contributed by atoms with van der Waals surface area (Å²) in [6.07, 6.45) is 0. The van der Waals surface area contributed by atoms with Crippen LogP contribution in [0.1, 0.15) is 30.8 Å². The van der Waals surface area contributed by atoms with E-state index in [1.54, 1.807) is 18.2 Å². The van der Waals surface area contributed by atoms with Crippen molar-refractivity contribution in [1.82, 2.24) is 14.8 Å². The van der Waals surface area contributed by atoms with Gasteiger partial charge in [-0.05, 0) is 57.0 Å². The molecule has 0 aliphatic carbocycles. The molecule has 1 aliphatic heterocycles. The van der Waals surface area contributed by atoms with Gasteiger partial charge in [0.05, 0.1) is 5.25 Å². The monoisotopic (exact) mass is 454 g/mol. The Morgan fingerprint density at radius 2 is 2.00 bits per heavy atom. The summed E-state index contributed by atoms with van der Waals surface area (Å²) in [5.74, 6) is 2.73. The zero-order chi connectivity index (χ0) is 22.7. The lowest BCUT2D eigenvalue weighted by Crippen LogP contribution is -2.23. The molecule has 0 fully saturated rings. The summed E-state index contributed by atoms with van der Waals surface area (Å²) in [5.41, 5.74) is 2.87. The summed E-state index contributed by atoms with van der Waals surface area (Å²) in [4.78, 5) is 12.7. The van der Waals surface area contributed by atoms with Gasteiger partial charge in [-0.2, -0.15) is 0 Å². The van der Waals surface area contributed by atoms with Gasteiger partial charge in [0.2, 0.25) is 12.7 Å². The number of anilines is 1. The molecule has 2 aromatic carbocycles. The fraction of sp³-hybridized carbons (Fsp3) is 0.348. The topological polar surface area (TPSA) is 87.5 Å². The second-order valence-electron chi connectivity index (χ2n) is 7.52. The lowest BCUT2D eigenvalue weighted by Gasteiger charge is -2.14. The number of benzene rings is 2. The van der Waals surface area contributed by atoms with E-state index in [1.165, 1.54) is 11.8 Å². The van der Waals surface area contributed by atoms with Gasteiger partial charge in [0.15, 0.2) is 22.5 Å². The Labute approximate surface area is 191 Å². The number of hydrogen-bond donors (Lipinski definition) is 1. The number of aromatic nitrogens is 3. The number of nitrogens with zero attached hydrogens (tertiary/aromatic N) is 3. The van der Waals surface area contributed by atoms with E-state index in [-0.39, 0.29) is 18.0 Å². The molecule has 0 radical (unpaired) electrons. The third kappa shape index (κ3) is 4.83. The van der Waals surface area contributed by atoms with Crippen molar-refractivity contribution in [2.45, 2.75) is 51.3 Å². The van der Waals surface area contributed by atoms with Gasteiger partial charge < -0.3 is 24.1 Å². The molecule has 1 aliphatic rings. The average molecular weight is 455 g/mol. The molecule has 0 bridgehead atoms. The minimum absolute atomic E-state index is 0.132. The van der Waals surface area contributed by atoms with Gasteiger partial charge in [-0.15, -0.1) is 10.2 Å². The van der Waals surface area contributed by atoms with Crippen LogP contribution < -0.4 is 19.5 Å². The first kappa shape index (κ1) is 22.0. The van der Waals surface area contributed by atoms with E-state index in [2.05, 4.69) is 21.6 Å². The minimum atomic E-state index is -0.372. The summed E-state index contributed by atoms with van der Waals surface area (Å²) in [5, 5.41) is 11.8. The fourth-order valence-corrected chi connectivity index (χ4v) is 4.20. The zero-order valence-electron chi connectivity index (χ0n) is 18.5. The Balaban J connectivity index is 1.39. The quantitative estimate of drug-likeness (QED) is 0.507. The first-order chi connectivity index (χ1) is 15.4.